The van der Waals surface area contributed by atoms with Crippen molar-refractivity contribution in [2.24, 2.45) is 0 Å². The summed E-state index contributed by atoms with van der Waals surface area (Å²) in [5, 5.41) is 0. The van der Waals surface area contributed by atoms with Gasteiger partial charge in [0, 0.05) is 145 Å². The van der Waals surface area contributed by atoms with Crippen LogP contribution < -0.4 is 0 Å². The molecule has 1 rings (SSSR count). The molecule has 0 saturated heterocycles. The molecule has 0 atom stereocenters. The van der Waals surface area contributed by atoms with Crippen molar-refractivity contribution in [1.82, 2.24) is 4.90 Å². The summed E-state index contributed by atoms with van der Waals surface area (Å²) < 4.78 is 0.931. The van der Waals surface area contributed by atoms with E-state index in [0.717, 1.165) is 21.0 Å². The van der Waals surface area contributed by atoms with Crippen molar-refractivity contribution in [3.05, 3.63) is 55.7 Å². The quantitative estimate of drug-likeness (QED) is 0.329. The van der Waals surface area contributed by atoms with Crippen LogP contribution in [0.2, 0.25) is 0 Å². The molecule has 1 nitrogen and oxygen atoms in total. The van der Waals surface area contributed by atoms with Gasteiger partial charge in [0.25, 0.3) is 0 Å². The molecule has 0 N–H and O–H groups in total. The molecular weight excluding hydrogens is 590 g/mol. The molecule has 4 radical (unpaired) electrons. The Kier molecular flexibility index (Phi) is 35.7. The molecule has 0 fully saturated rings. The molecule has 0 aliphatic rings. The molecule has 0 aliphatic carbocycles. The topological polar surface area (TPSA) is 3.24 Å². The van der Waals surface area contributed by atoms with Crippen LogP contribution in [-0.4, -0.2) is 29.6 Å². The third kappa shape index (κ3) is 19.5. The Morgan fingerprint density at radius 3 is 1.25 bits per heavy atom. The fourth-order valence-electron chi connectivity index (χ4n) is 1.02. The minimum atomic E-state index is 0. The summed E-state index contributed by atoms with van der Waals surface area (Å²) in [6.45, 7) is 11.3. The van der Waals surface area contributed by atoms with Crippen LogP contribution in [0.5, 0.6) is 0 Å². The van der Waals surface area contributed by atoms with Crippen LogP contribution in [0, 0.1) is 20.8 Å². The smallest absolute Gasteiger partial charge is 0.135 e. The number of benzene rings is 1. The number of thioether (sulfide) groups is 1. The van der Waals surface area contributed by atoms with E-state index in [1.807, 2.05) is 43.5 Å². The SMILES string of the molecule is CSC(=S)N(C)C.[CH2-]c1cc([CH2-])cc([CH2-])c1.[Y].[Y].[Y].[Y]. The molecule has 0 bridgehead atoms. The van der Waals surface area contributed by atoms with Crippen molar-refractivity contribution in [1.29, 1.82) is 0 Å². The Labute approximate surface area is 235 Å². The van der Waals surface area contributed by atoms with E-state index < -0.39 is 0 Å². The summed E-state index contributed by atoms with van der Waals surface area (Å²) >= 11 is 6.46. The van der Waals surface area contributed by atoms with E-state index in [4.69, 9.17) is 12.2 Å². The van der Waals surface area contributed by atoms with E-state index in [2.05, 4.69) is 20.8 Å². The van der Waals surface area contributed by atoms with Crippen molar-refractivity contribution in [3.8, 4) is 0 Å². The average Bonchev–Trinajstić information content (AvgIpc) is 2.15. The molecule has 1 aromatic rings. The fraction of sp³-hybridized carbons (Fsp3) is 0.231. The Hall–Kier alpha value is 3.49. The predicted octanol–water partition coefficient (Wildman–Crippen LogP) is 3.42. The maximum absolute atomic E-state index is 4.87. The van der Waals surface area contributed by atoms with Crippen LogP contribution in [0.15, 0.2) is 18.2 Å². The van der Waals surface area contributed by atoms with Crippen LogP contribution in [0.4, 0.5) is 0 Å². The van der Waals surface area contributed by atoms with Crippen molar-refractivity contribution in [2.45, 2.75) is 0 Å². The van der Waals surface area contributed by atoms with Crippen molar-refractivity contribution in [2.75, 3.05) is 20.4 Å². The standard InChI is InChI=1S/C9H9.C4H9NS2.4Y/c1-7-4-8(2)6-9(3)5-7;1-5(2)4(6)7-3;;;;/h4-6H,1-3H2;1-3H3;;;;/q-3;;;;;. The van der Waals surface area contributed by atoms with Crippen LogP contribution >= 0.6 is 24.0 Å². The molecule has 0 heterocycles. The van der Waals surface area contributed by atoms with E-state index in [9.17, 15) is 0 Å². The predicted molar refractivity (Wildman–Crippen MR) is 79.6 cm³/mol. The van der Waals surface area contributed by atoms with Gasteiger partial charge >= 0.3 is 0 Å². The second-order valence-electron chi connectivity index (χ2n) is 3.52. The Balaban J connectivity index is -0.0000000640. The summed E-state index contributed by atoms with van der Waals surface area (Å²) in [5.41, 5.74) is 2.94. The van der Waals surface area contributed by atoms with Crippen molar-refractivity contribution >= 4 is 28.3 Å². The number of nitrogens with zero attached hydrogens (tertiary/aromatic N) is 1. The first-order valence-electron chi connectivity index (χ1n) is 4.73. The maximum Gasteiger partial charge on any atom is 0.135 e. The molecule has 7 heteroatoms. The van der Waals surface area contributed by atoms with Gasteiger partial charge in [0.1, 0.15) is 4.32 Å². The van der Waals surface area contributed by atoms with Gasteiger partial charge in [0.2, 0.25) is 0 Å². The van der Waals surface area contributed by atoms with Gasteiger partial charge in [-0.1, -0.05) is 12.2 Å². The van der Waals surface area contributed by atoms with Gasteiger partial charge in [-0.05, 0) is 6.26 Å². The van der Waals surface area contributed by atoms with Crippen LogP contribution in [0.25, 0.3) is 0 Å². The number of hydrogen-bond donors (Lipinski definition) is 0. The van der Waals surface area contributed by atoms with Crippen molar-refractivity contribution < 1.29 is 131 Å². The van der Waals surface area contributed by atoms with Gasteiger partial charge in [-0.3, -0.25) is 0 Å². The molecule has 0 aliphatic heterocycles. The van der Waals surface area contributed by atoms with Gasteiger partial charge in [0.05, 0.1) is 0 Å². The molecule has 0 unspecified atom stereocenters. The molecule has 0 aromatic heterocycles. The maximum atomic E-state index is 4.87. The summed E-state index contributed by atoms with van der Waals surface area (Å²) in [4.78, 5) is 1.92. The molecule has 0 spiro atoms. The first-order valence-corrected chi connectivity index (χ1v) is 6.36. The van der Waals surface area contributed by atoms with Crippen LogP contribution in [0.3, 0.4) is 0 Å². The fourth-order valence-corrected chi connectivity index (χ4v) is 1.39. The minimum Gasteiger partial charge on any atom is -0.364 e. The minimum absolute atomic E-state index is 0. The molecule has 0 amide bonds. The average molecular weight is 608 g/mol. The zero-order valence-corrected chi connectivity index (χ0v) is 25.4. The Morgan fingerprint density at radius 2 is 1.15 bits per heavy atom. The second-order valence-corrected chi connectivity index (χ2v) is 4.96. The van der Waals surface area contributed by atoms with E-state index in [-0.39, 0.29) is 131 Å². The van der Waals surface area contributed by atoms with Gasteiger partial charge < -0.3 is 4.90 Å². The Morgan fingerprint density at radius 1 is 0.900 bits per heavy atom. The van der Waals surface area contributed by atoms with Gasteiger partial charge in [-0.2, -0.15) is 55.7 Å². The second kappa shape index (κ2) is 20.5. The first kappa shape index (κ1) is 34.7. The summed E-state index contributed by atoms with van der Waals surface area (Å²) in [6.07, 6.45) is 1.97. The summed E-state index contributed by atoms with van der Waals surface area (Å²) in [5.74, 6) is 0. The molecule has 20 heavy (non-hydrogen) atoms. The third-order valence-corrected chi connectivity index (χ3v) is 3.23. The summed E-state index contributed by atoms with van der Waals surface area (Å²) in [6, 6.07) is 5.78. The van der Waals surface area contributed by atoms with E-state index in [1.165, 1.54) is 0 Å². The number of hydrogen-bond acceptors (Lipinski definition) is 2. The molecular formula is C13H18NS2Y4-3. The number of thiocarbonyl (C=S) groups is 1. The normalized spacial score (nSPS) is 7.15. The van der Waals surface area contributed by atoms with Gasteiger partial charge in [0.15, 0.2) is 0 Å². The zero-order chi connectivity index (χ0) is 12.7. The monoisotopic (exact) mass is 608 g/mol. The van der Waals surface area contributed by atoms with Crippen LogP contribution in [0.1, 0.15) is 16.7 Å². The Bertz CT molecular complexity index is 310. The number of rotatable bonds is 0. The van der Waals surface area contributed by atoms with Gasteiger partial charge in [-0.25, -0.2) is 0 Å². The largest absolute Gasteiger partial charge is 0.364 e. The molecule has 1 aromatic carbocycles. The summed E-state index contributed by atoms with van der Waals surface area (Å²) in [7, 11) is 3.89. The van der Waals surface area contributed by atoms with Crippen molar-refractivity contribution in [3.63, 3.8) is 0 Å². The van der Waals surface area contributed by atoms with Gasteiger partial charge in [-0.15, -0.1) is 11.8 Å². The first-order chi connectivity index (χ1) is 7.36. The zero-order valence-electron chi connectivity index (χ0n) is 12.4. The molecule has 102 valence electrons. The molecule has 0 saturated carbocycles. The van der Waals surface area contributed by atoms with Crippen LogP contribution in [-0.2, 0) is 131 Å². The van der Waals surface area contributed by atoms with E-state index in [1.54, 1.807) is 11.8 Å². The van der Waals surface area contributed by atoms with E-state index in [0.29, 0.717) is 0 Å². The third-order valence-electron chi connectivity index (χ3n) is 1.65. The van der Waals surface area contributed by atoms with E-state index >= 15 is 0 Å².